The van der Waals surface area contributed by atoms with Crippen molar-refractivity contribution < 1.29 is 47.7 Å². The van der Waals surface area contributed by atoms with E-state index in [-0.39, 0.29) is 62.0 Å². The Balaban J connectivity index is 0.000000193. The molecule has 0 unspecified atom stereocenters. The first-order valence-electron chi connectivity index (χ1n) is 32.0. The molecule has 6 heterocycles. The Morgan fingerprint density at radius 1 is 0.550 bits per heavy atom. The van der Waals surface area contributed by atoms with E-state index >= 15 is 0 Å². The van der Waals surface area contributed by atoms with Crippen molar-refractivity contribution in [2.45, 2.75) is 120 Å². The Kier molecular flexibility index (Phi) is 24.6. The van der Waals surface area contributed by atoms with Crippen LogP contribution in [0.25, 0.3) is 0 Å². The van der Waals surface area contributed by atoms with Crippen LogP contribution in [0.3, 0.4) is 0 Å². The summed E-state index contributed by atoms with van der Waals surface area (Å²) in [6.07, 6.45) is -0.261. The zero-order valence-electron chi connectivity index (χ0n) is 58.3. The number of carbonyl (C=O) groups is 6. The molecule has 100 heavy (non-hydrogen) atoms. The Labute approximate surface area is 604 Å². The number of ether oxygens (including phenoxy) is 4. The van der Waals surface area contributed by atoms with Crippen molar-refractivity contribution in [3.05, 3.63) is 200 Å². The van der Waals surface area contributed by atoms with Crippen molar-refractivity contribution in [2.75, 3.05) is 58.1 Å². The molecule has 0 aliphatic carbocycles. The normalized spacial score (nSPS) is 13.5. The summed E-state index contributed by atoms with van der Waals surface area (Å²) in [4.78, 5) is 102. The number of methoxy groups -OCH3 is 2. The first-order chi connectivity index (χ1) is 46.9. The van der Waals surface area contributed by atoms with Crippen molar-refractivity contribution in [2.24, 2.45) is 5.92 Å². The van der Waals surface area contributed by atoms with E-state index in [2.05, 4.69) is 15.6 Å². The van der Waals surface area contributed by atoms with Gasteiger partial charge in [-0.1, -0.05) is 60.8 Å². The molecular formula is C74H82Cl4N12O10. The summed E-state index contributed by atoms with van der Waals surface area (Å²) in [6.45, 7) is 20.1. The van der Waals surface area contributed by atoms with Crippen LogP contribution in [-0.2, 0) is 47.0 Å². The van der Waals surface area contributed by atoms with Crippen LogP contribution in [0.4, 0.5) is 75.6 Å². The number of aryl methyl sites for hydroxylation is 2. The molecule has 3 aromatic heterocycles. The fourth-order valence-electron chi connectivity index (χ4n) is 10.6. The number of anilines is 9. The third-order valence-electron chi connectivity index (χ3n) is 16.1. The van der Waals surface area contributed by atoms with Gasteiger partial charge >= 0.3 is 30.3 Å². The molecule has 2 N–H and O–H groups in total. The lowest BCUT2D eigenvalue weighted by Gasteiger charge is -2.35. The number of halogens is 4. The molecule has 0 saturated carbocycles. The highest BCUT2D eigenvalue weighted by Crippen LogP contribution is 2.39. The number of hydrogen-bond donors (Lipinski definition) is 2. The summed E-state index contributed by atoms with van der Waals surface area (Å²) in [5.74, 6) is 2.69. The molecule has 5 aromatic carbocycles. The molecule has 22 nitrogen and oxygen atoms in total. The number of benzene rings is 5. The number of amides is 9. The lowest BCUT2D eigenvalue weighted by Crippen LogP contribution is -2.43. The quantitative estimate of drug-likeness (QED) is 0.103. The second-order valence-electron chi connectivity index (χ2n) is 25.8. The number of nitrogens with zero attached hydrogens (tertiary/aromatic N) is 10. The van der Waals surface area contributed by atoms with Crippen molar-refractivity contribution in [1.82, 2.24) is 30.1 Å². The Bertz CT molecular complexity index is 4310. The summed E-state index contributed by atoms with van der Waals surface area (Å²) < 4.78 is 22.1. The lowest BCUT2D eigenvalue weighted by molar-refractivity contribution is -0.119. The SMILES string of the molecule is CC[C@@H](C)C(=O)Nc1ccc2c(n1)CN(C)C(=O)N2c1ccc(Cl)cc1.COc1ccc(CN(C(=O)OC(C)(C)C)c2ccc3c(n2)CN(C)C(=O)N3c2ccc(Cl)cc2)c(C)c1.COc1ccc(CN(C(=O)OC(C)(C)C)c2ccc3c(n2)CNC(=O)N3c2ccc(Cl)cc2)c(C)c1.Cl. The highest BCUT2D eigenvalue weighted by molar-refractivity contribution is 6.31. The predicted octanol–water partition coefficient (Wildman–Crippen LogP) is 17.9. The number of urea groups is 3. The van der Waals surface area contributed by atoms with Crippen molar-refractivity contribution >= 4 is 135 Å². The largest absolute Gasteiger partial charge is 0.497 e. The third-order valence-corrected chi connectivity index (χ3v) is 16.8. The molecule has 526 valence electrons. The first-order valence-corrected chi connectivity index (χ1v) is 33.1. The van der Waals surface area contributed by atoms with Crippen LogP contribution in [0.15, 0.2) is 146 Å². The van der Waals surface area contributed by atoms with Gasteiger partial charge in [0.15, 0.2) is 0 Å². The minimum atomic E-state index is -0.684. The monoisotopic (exact) mass is 1440 g/mol. The smallest absolute Gasteiger partial charge is 0.416 e. The molecule has 0 radical (unpaired) electrons. The Morgan fingerprint density at radius 2 is 0.930 bits per heavy atom. The highest BCUT2D eigenvalue weighted by Gasteiger charge is 2.35. The molecule has 1 atom stereocenters. The second kappa shape index (κ2) is 32.4. The van der Waals surface area contributed by atoms with Gasteiger partial charge in [-0.3, -0.25) is 29.3 Å². The van der Waals surface area contributed by atoms with Gasteiger partial charge in [0.25, 0.3) is 0 Å². The average molecular weight is 1440 g/mol. The minimum Gasteiger partial charge on any atom is -0.497 e. The Hall–Kier alpha value is -9.87. The fraction of sp³-hybridized carbons (Fsp3) is 0.311. The number of pyridine rings is 3. The van der Waals surface area contributed by atoms with E-state index in [1.807, 2.05) is 118 Å². The molecule has 26 heteroatoms. The third kappa shape index (κ3) is 18.5. The maximum Gasteiger partial charge on any atom is 0.416 e. The number of carbonyl (C=O) groups excluding carboxylic acids is 6. The molecule has 0 saturated heterocycles. The number of hydrogen-bond acceptors (Lipinski definition) is 13. The van der Waals surface area contributed by atoms with Gasteiger partial charge in [0.2, 0.25) is 5.91 Å². The summed E-state index contributed by atoms with van der Waals surface area (Å²) in [7, 11) is 6.67. The molecule has 0 bridgehead atoms. The van der Waals surface area contributed by atoms with Crippen molar-refractivity contribution in [1.29, 1.82) is 0 Å². The van der Waals surface area contributed by atoms with Crippen molar-refractivity contribution in [3.8, 4) is 11.5 Å². The average Bonchev–Trinajstić information content (AvgIpc) is 0.765. The molecule has 0 fully saturated rings. The van der Waals surface area contributed by atoms with Gasteiger partial charge in [-0.25, -0.2) is 38.9 Å². The first kappa shape index (κ1) is 75.9. The van der Waals surface area contributed by atoms with E-state index in [9.17, 15) is 28.8 Å². The fourth-order valence-corrected chi connectivity index (χ4v) is 11.0. The lowest BCUT2D eigenvalue weighted by atomic mass is 10.1. The molecule has 3 aliphatic heterocycles. The number of nitrogens with one attached hydrogen (secondary N) is 2. The van der Waals surface area contributed by atoms with Crippen LogP contribution >= 0.6 is 47.2 Å². The van der Waals surface area contributed by atoms with Crippen LogP contribution < -0.4 is 44.6 Å². The topological polar surface area (TPSA) is 225 Å². The van der Waals surface area contributed by atoms with E-state index in [4.69, 9.17) is 63.7 Å². The summed E-state index contributed by atoms with van der Waals surface area (Å²) in [6, 6.07) is 42.5. The van der Waals surface area contributed by atoms with Crippen LogP contribution in [-0.4, -0.2) is 100 Å². The van der Waals surface area contributed by atoms with Gasteiger partial charge in [-0.05, 0) is 218 Å². The molecule has 8 aromatic rings. The second-order valence-corrected chi connectivity index (χ2v) is 27.1. The molecule has 11 rings (SSSR count). The Morgan fingerprint density at radius 3 is 1.32 bits per heavy atom. The zero-order valence-corrected chi connectivity index (χ0v) is 61.4. The predicted molar refractivity (Wildman–Crippen MR) is 395 cm³/mol. The molecular weight excluding hydrogens is 1360 g/mol. The van der Waals surface area contributed by atoms with E-state index < -0.39 is 23.4 Å². The van der Waals surface area contributed by atoms with Crippen molar-refractivity contribution in [3.63, 3.8) is 0 Å². The van der Waals surface area contributed by atoms with Gasteiger partial charge in [-0.15, -0.1) is 12.4 Å². The maximum atomic E-state index is 13.4. The summed E-state index contributed by atoms with van der Waals surface area (Å²) in [5, 5.41) is 7.45. The number of aromatic nitrogens is 3. The summed E-state index contributed by atoms with van der Waals surface area (Å²) in [5.41, 5.74) is 8.50. The maximum absolute atomic E-state index is 13.4. The number of rotatable bonds is 14. The highest BCUT2D eigenvalue weighted by atomic mass is 35.5. The number of fused-ring (bicyclic) bond motifs is 3. The van der Waals surface area contributed by atoms with Gasteiger partial charge < -0.3 is 39.4 Å². The zero-order chi connectivity index (χ0) is 71.8. The van der Waals surface area contributed by atoms with Gasteiger partial charge in [0.1, 0.15) is 40.2 Å². The van der Waals surface area contributed by atoms with E-state index in [0.29, 0.717) is 91.1 Å². The van der Waals surface area contributed by atoms with E-state index in [0.717, 1.165) is 45.9 Å². The van der Waals surface area contributed by atoms with Gasteiger partial charge in [0.05, 0.1) is 98.1 Å². The standard InChI is InChI=1S/C28H31ClN4O4.C27H29ClN4O4.C19H21ClN4O2.ClH/c1-18-15-22(36-6)12-7-19(18)16-32(27(35)37-28(2,3)4)25-14-13-24-23(30-25)17-31(5)26(34)33(24)21-10-8-20(29)9-11-21;1-17-14-21(35-5)11-6-18(17)16-31(26(34)36-27(2,3)4)24-13-12-23-22(30-24)15-29-25(33)32(23)20-9-7-19(28)8-10-20;1-4-12(2)18(25)22-17-10-9-16-15(21-17)11-23(3)19(26)24(16)14-7-5-13(20)6-8-14;/h7-15H,16-17H2,1-6H3;6-14H,15-16H2,1-5H3,(H,29,33);5-10,12H,4,11H2,1-3H3,(H,21,22,25);1H/t;;12-;/m..1./s1. The van der Waals surface area contributed by atoms with Gasteiger partial charge in [-0.2, -0.15) is 0 Å². The van der Waals surface area contributed by atoms with Gasteiger partial charge in [0, 0.05) is 35.1 Å². The van der Waals surface area contributed by atoms with Crippen LogP contribution in [0.5, 0.6) is 11.5 Å². The molecule has 3 aliphatic rings. The van der Waals surface area contributed by atoms with Crippen LogP contribution in [0.2, 0.25) is 15.1 Å². The van der Waals surface area contributed by atoms with Crippen LogP contribution in [0, 0.1) is 19.8 Å². The van der Waals surface area contributed by atoms with E-state index in [1.54, 1.807) is 145 Å². The van der Waals surface area contributed by atoms with E-state index in [1.165, 1.54) is 14.7 Å². The molecule has 0 spiro atoms. The summed E-state index contributed by atoms with van der Waals surface area (Å²) >= 11 is 18.0. The molecule has 9 amide bonds. The minimum absolute atomic E-state index is 0. The van der Waals surface area contributed by atoms with Crippen LogP contribution in [0.1, 0.15) is 101 Å².